The highest BCUT2D eigenvalue weighted by Gasteiger charge is 2.25. The highest BCUT2D eigenvalue weighted by molar-refractivity contribution is 7.15. The van der Waals surface area contributed by atoms with E-state index in [-0.39, 0.29) is 5.78 Å². The number of aryl methyl sites for hydroxylation is 2. The zero-order valence-corrected chi connectivity index (χ0v) is 20.5. The molecule has 0 saturated carbocycles. The maximum Gasteiger partial charge on any atom is 0.197 e. The summed E-state index contributed by atoms with van der Waals surface area (Å²) in [5, 5.41) is 10.3. The van der Waals surface area contributed by atoms with Gasteiger partial charge in [0.25, 0.3) is 0 Å². The molecule has 3 aromatic rings. The molecule has 0 spiro atoms. The van der Waals surface area contributed by atoms with E-state index in [0.717, 1.165) is 49.1 Å². The Morgan fingerprint density at radius 1 is 1.09 bits per heavy atom. The van der Waals surface area contributed by atoms with E-state index < -0.39 is 0 Å². The lowest BCUT2D eigenvalue weighted by Crippen LogP contribution is -2.21. The summed E-state index contributed by atoms with van der Waals surface area (Å²) in [5.74, 6) is 1.67. The minimum Gasteiger partial charge on any atom is -0.296 e. The Kier molecular flexibility index (Phi) is 7.76. The summed E-state index contributed by atoms with van der Waals surface area (Å²) in [6.45, 7) is 7.12. The minimum atomic E-state index is -0.0399. The van der Waals surface area contributed by atoms with E-state index in [0.29, 0.717) is 16.1 Å². The third kappa shape index (κ3) is 5.13. The van der Waals surface area contributed by atoms with Crippen LogP contribution in [0.15, 0.2) is 30.3 Å². The van der Waals surface area contributed by atoms with Crippen LogP contribution in [0.1, 0.15) is 77.9 Å². The van der Waals surface area contributed by atoms with Gasteiger partial charge in [-0.05, 0) is 63.9 Å². The first-order valence-electron chi connectivity index (χ1n) is 11.6. The van der Waals surface area contributed by atoms with Crippen molar-refractivity contribution < 1.29 is 4.79 Å². The van der Waals surface area contributed by atoms with Crippen LogP contribution >= 0.6 is 22.9 Å². The lowest BCUT2D eigenvalue weighted by atomic mass is 10.0. The molecule has 0 bridgehead atoms. The second-order valence-electron chi connectivity index (χ2n) is 8.53. The van der Waals surface area contributed by atoms with Crippen LogP contribution in [0.2, 0.25) is 5.02 Å². The Balaban J connectivity index is 1.72. The predicted octanol–water partition coefficient (Wildman–Crippen LogP) is 6.24. The van der Waals surface area contributed by atoms with Gasteiger partial charge in [-0.1, -0.05) is 49.9 Å². The van der Waals surface area contributed by atoms with Gasteiger partial charge in [0.05, 0.1) is 17.1 Å². The zero-order valence-electron chi connectivity index (χ0n) is 18.9. The predicted molar refractivity (Wildman–Crippen MR) is 131 cm³/mol. The number of ketones is 1. The molecule has 32 heavy (non-hydrogen) atoms. The molecule has 1 aliphatic heterocycles. The first-order chi connectivity index (χ1) is 15.6. The molecule has 5 nitrogen and oxygen atoms in total. The maximum atomic E-state index is 13.6. The van der Waals surface area contributed by atoms with Crippen molar-refractivity contribution in [2.75, 3.05) is 13.1 Å². The van der Waals surface area contributed by atoms with Crippen LogP contribution in [-0.4, -0.2) is 38.5 Å². The average molecular weight is 471 g/mol. The summed E-state index contributed by atoms with van der Waals surface area (Å²) in [6.07, 6.45) is 8.24. The lowest BCUT2D eigenvalue weighted by Gasteiger charge is -2.15. The number of carbonyl (C=O) groups excluding carboxylic acids is 1. The number of thiophene rings is 1. The van der Waals surface area contributed by atoms with Gasteiger partial charge in [0.2, 0.25) is 0 Å². The standard InChI is InChI=1S/C25H31ClN4OS/c1-3-4-5-6-11-19-16-21(24(31)20-12-7-8-13-22(20)26)25(32-19)30-18(2)27-28-23(30)17-29-14-9-10-15-29/h7-8,12-13,16H,3-6,9-11,14-15,17H2,1-2H3. The molecule has 170 valence electrons. The Morgan fingerprint density at radius 2 is 1.88 bits per heavy atom. The van der Waals surface area contributed by atoms with Gasteiger partial charge in [-0.25, -0.2) is 0 Å². The molecule has 1 aliphatic rings. The molecular formula is C25H31ClN4OS. The molecule has 0 radical (unpaired) electrons. The summed E-state index contributed by atoms with van der Waals surface area (Å²) in [5.41, 5.74) is 1.23. The van der Waals surface area contributed by atoms with Crippen molar-refractivity contribution in [3.05, 3.63) is 63.0 Å². The number of rotatable bonds is 10. The number of nitrogens with zero attached hydrogens (tertiary/aromatic N) is 4. The molecule has 0 aliphatic carbocycles. The Hall–Kier alpha value is -2.02. The number of likely N-dealkylation sites (tertiary alicyclic amines) is 1. The summed E-state index contributed by atoms with van der Waals surface area (Å²) < 4.78 is 2.09. The SMILES string of the molecule is CCCCCCc1cc(C(=O)c2ccccc2Cl)c(-n2c(C)nnc2CN2CCCC2)s1. The fourth-order valence-electron chi connectivity index (χ4n) is 4.31. The molecule has 2 aromatic heterocycles. The van der Waals surface area contributed by atoms with E-state index in [9.17, 15) is 4.79 Å². The van der Waals surface area contributed by atoms with Gasteiger partial charge in [0, 0.05) is 10.4 Å². The number of halogens is 1. The van der Waals surface area contributed by atoms with Crippen LogP contribution in [0.4, 0.5) is 0 Å². The Bertz CT molecular complexity index is 1070. The first kappa shape index (κ1) is 23.1. The second-order valence-corrected chi connectivity index (χ2v) is 10.1. The highest BCUT2D eigenvalue weighted by atomic mass is 35.5. The van der Waals surface area contributed by atoms with E-state index in [4.69, 9.17) is 11.6 Å². The van der Waals surface area contributed by atoms with Crippen LogP contribution in [0.5, 0.6) is 0 Å². The molecule has 4 rings (SSSR count). The number of hydrogen-bond donors (Lipinski definition) is 0. The van der Waals surface area contributed by atoms with Gasteiger partial charge >= 0.3 is 0 Å². The molecule has 1 aromatic carbocycles. The molecule has 1 saturated heterocycles. The van der Waals surface area contributed by atoms with Crippen LogP contribution in [0, 0.1) is 6.92 Å². The van der Waals surface area contributed by atoms with Crippen molar-refractivity contribution in [3.63, 3.8) is 0 Å². The molecule has 0 amide bonds. The number of carbonyl (C=O) groups is 1. The minimum absolute atomic E-state index is 0.0399. The van der Waals surface area contributed by atoms with E-state index >= 15 is 0 Å². The van der Waals surface area contributed by atoms with Crippen LogP contribution in [-0.2, 0) is 13.0 Å². The summed E-state index contributed by atoms with van der Waals surface area (Å²) in [6, 6.07) is 9.35. The van der Waals surface area contributed by atoms with Gasteiger partial charge in [-0.15, -0.1) is 21.5 Å². The van der Waals surface area contributed by atoms with Gasteiger partial charge in [0.1, 0.15) is 10.8 Å². The fourth-order valence-corrected chi connectivity index (χ4v) is 5.80. The maximum absolute atomic E-state index is 13.6. The number of hydrogen-bond acceptors (Lipinski definition) is 5. The number of aromatic nitrogens is 3. The van der Waals surface area contributed by atoms with Gasteiger partial charge < -0.3 is 0 Å². The average Bonchev–Trinajstić information content (AvgIpc) is 3.52. The fraction of sp³-hybridized carbons (Fsp3) is 0.480. The second kappa shape index (κ2) is 10.7. The summed E-state index contributed by atoms with van der Waals surface area (Å²) >= 11 is 8.08. The zero-order chi connectivity index (χ0) is 22.5. The smallest absolute Gasteiger partial charge is 0.197 e. The third-order valence-corrected chi connectivity index (χ3v) is 7.57. The molecule has 7 heteroatoms. The molecule has 1 fully saturated rings. The van der Waals surface area contributed by atoms with Crippen molar-refractivity contribution in [2.24, 2.45) is 0 Å². The lowest BCUT2D eigenvalue weighted by molar-refractivity contribution is 0.103. The normalized spacial score (nSPS) is 14.3. The van der Waals surface area contributed by atoms with E-state index in [2.05, 4.69) is 32.7 Å². The van der Waals surface area contributed by atoms with Gasteiger partial charge in [-0.3, -0.25) is 14.3 Å². The van der Waals surface area contributed by atoms with Crippen molar-refractivity contribution in [3.8, 4) is 5.00 Å². The van der Waals surface area contributed by atoms with E-state index in [1.165, 1.54) is 37.0 Å². The topological polar surface area (TPSA) is 51.0 Å². The van der Waals surface area contributed by atoms with Gasteiger partial charge in [0.15, 0.2) is 11.6 Å². The molecule has 0 unspecified atom stereocenters. The van der Waals surface area contributed by atoms with Crippen LogP contribution in [0.3, 0.4) is 0 Å². The molecule has 3 heterocycles. The van der Waals surface area contributed by atoms with Gasteiger partial charge in [-0.2, -0.15) is 0 Å². The van der Waals surface area contributed by atoms with E-state index in [1.807, 2.05) is 19.1 Å². The Morgan fingerprint density at radius 3 is 2.62 bits per heavy atom. The summed E-state index contributed by atoms with van der Waals surface area (Å²) in [7, 11) is 0. The third-order valence-electron chi connectivity index (χ3n) is 6.06. The largest absolute Gasteiger partial charge is 0.296 e. The van der Waals surface area contributed by atoms with Crippen LogP contribution in [0.25, 0.3) is 5.00 Å². The van der Waals surface area contributed by atoms with Crippen molar-refractivity contribution in [1.29, 1.82) is 0 Å². The van der Waals surface area contributed by atoms with Crippen molar-refractivity contribution in [2.45, 2.75) is 65.3 Å². The number of unbranched alkanes of at least 4 members (excludes halogenated alkanes) is 3. The first-order valence-corrected chi connectivity index (χ1v) is 12.8. The molecular weight excluding hydrogens is 440 g/mol. The Labute approximate surface area is 199 Å². The monoisotopic (exact) mass is 470 g/mol. The van der Waals surface area contributed by atoms with E-state index in [1.54, 1.807) is 23.5 Å². The molecule has 0 N–H and O–H groups in total. The highest BCUT2D eigenvalue weighted by Crippen LogP contribution is 2.33. The molecule has 0 atom stereocenters. The quantitative estimate of drug-likeness (QED) is 0.260. The summed E-state index contributed by atoms with van der Waals surface area (Å²) in [4.78, 5) is 17.2. The van der Waals surface area contributed by atoms with Crippen LogP contribution < -0.4 is 0 Å². The number of benzene rings is 1. The van der Waals surface area contributed by atoms with Crippen molar-refractivity contribution >= 4 is 28.7 Å². The van der Waals surface area contributed by atoms with Crippen molar-refractivity contribution in [1.82, 2.24) is 19.7 Å².